The highest BCUT2D eigenvalue weighted by atomic mass is 35.5. The summed E-state index contributed by atoms with van der Waals surface area (Å²) in [6.07, 6.45) is -3.71. The van der Waals surface area contributed by atoms with E-state index in [1.807, 2.05) is 0 Å². The number of methoxy groups -OCH3 is 1. The molecule has 8 nitrogen and oxygen atoms in total. The fourth-order valence-corrected chi connectivity index (χ4v) is 5.12. The van der Waals surface area contributed by atoms with Crippen LogP contribution in [0.3, 0.4) is 0 Å². The number of hydrogen-bond donors (Lipinski definition) is 2. The number of benzene rings is 3. The molecule has 1 unspecified atom stereocenters. The standard InChI is InChI=1S/C31H28ClF4N3O5/c1-44-26-13-5-10-20(28(26)32)21-16-38(17-22-23(31(34,35)36)11-6-12-24(22)33)30(43)39(29(21)42)18-25(19-8-3-2-4-9-19)37-15-7-14-27(40)41/h2-6,8-13,16,25,37H,7,14-15,17-18H2,1H3,(H,40,41). The fourth-order valence-electron chi connectivity index (χ4n) is 4.82. The van der Waals surface area contributed by atoms with E-state index in [1.54, 1.807) is 42.5 Å². The minimum absolute atomic E-state index is 0.0251. The fraction of sp³-hybridized carbons (Fsp3) is 0.258. The summed E-state index contributed by atoms with van der Waals surface area (Å²) in [5, 5.41) is 12.2. The molecule has 44 heavy (non-hydrogen) atoms. The molecule has 0 bridgehead atoms. The second-order valence-corrected chi connectivity index (χ2v) is 10.2. The Bertz CT molecular complexity index is 1760. The molecule has 1 aromatic heterocycles. The molecule has 13 heteroatoms. The van der Waals surface area contributed by atoms with Gasteiger partial charge in [-0.2, -0.15) is 13.2 Å². The first-order chi connectivity index (χ1) is 20.9. The first-order valence-corrected chi connectivity index (χ1v) is 13.8. The van der Waals surface area contributed by atoms with Crippen molar-refractivity contribution in [3.63, 3.8) is 0 Å². The number of carboxylic acids is 1. The number of nitrogens with one attached hydrogen (secondary N) is 1. The SMILES string of the molecule is COc1cccc(-c2cn(Cc3c(F)cccc3C(F)(F)F)c(=O)n(CC(NCCCC(=O)O)c3ccccc3)c2=O)c1Cl. The number of carbonyl (C=O) groups is 1. The van der Waals surface area contributed by atoms with Crippen molar-refractivity contribution >= 4 is 17.6 Å². The van der Waals surface area contributed by atoms with Crippen LogP contribution >= 0.6 is 11.6 Å². The van der Waals surface area contributed by atoms with Gasteiger partial charge < -0.3 is 15.2 Å². The first-order valence-electron chi connectivity index (χ1n) is 13.4. The molecule has 0 fully saturated rings. The van der Waals surface area contributed by atoms with Crippen molar-refractivity contribution in [3.8, 4) is 16.9 Å². The van der Waals surface area contributed by atoms with Gasteiger partial charge in [-0.1, -0.05) is 60.1 Å². The summed E-state index contributed by atoms with van der Waals surface area (Å²) in [6.45, 7) is -0.898. The van der Waals surface area contributed by atoms with Gasteiger partial charge in [0.2, 0.25) is 0 Å². The molecule has 4 rings (SSSR count). The number of aliphatic carboxylic acids is 1. The van der Waals surface area contributed by atoms with Gasteiger partial charge in [-0.05, 0) is 36.7 Å². The van der Waals surface area contributed by atoms with Gasteiger partial charge in [0.15, 0.2) is 0 Å². The van der Waals surface area contributed by atoms with Crippen molar-refractivity contribution in [3.05, 3.63) is 121 Å². The van der Waals surface area contributed by atoms with E-state index in [1.165, 1.54) is 13.2 Å². The summed E-state index contributed by atoms with van der Waals surface area (Å²) < 4.78 is 63.3. The van der Waals surface area contributed by atoms with E-state index in [4.69, 9.17) is 21.4 Å². The van der Waals surface area contributed by atoms with Crippen molar-refractivity contribution in [2.45, 2.75) is 38.1 Å². The first kappa shape index (κ1) is 32.5. The topological polar surface area (TPSA) is 103 Å². The Labute approximate surface area is 254 Å². The van der Waals surface area contributed by atoms with Crippen molar-refractivity contribution in [2.75, 3.05) is 13.7 Å². The van der Waals surface area contributed by atoms with E-state index < -0.39 is 52.9 Å². The Balaban J connectivity index is 1.90. The molecule has 0 aliphatic heterocycles. The maximum atomic E-state index is 14.9. The molecule has 4 aromatic rings. The number of halogens is 5. The third kappa shape index (κ3) is 7.37. The Morgan fingerprint density at radius 2 is 1.73 bits per heavy atom. The van der Waals surface area contributed by atoms with Gasteiger partial charge in [0.05, 0.1) is 42.4 Å². The highest BCUT2D eigenvalue weighted by molar-refractivity contribution is 6.34. The second-order valence-electron chi connectivity index (χ2n) is 9.87. The largest absolute Gasteiger partial charge is 0.495 e. The number of alkyl halides is 3. The molecule has 0 amide bonds. The summed E-state index contributed by atoms with van der Waals surface area (Å²) in [7, 11) is 1.36. The van der Waals surface area contributed by atoms with Crippen LogP contribution in [-0.2, 0) is 24.1 Å². The second kappa shape index (κ2) is 13.9. The van der Waals surface area contributed by atoms with E-state index in [2.05, 4.69) is 5.32 Å². The average Bonchev–Trinajstić information content (AvgIpc) is 2.98. The lowest BCUT2D eigenvalue weighted by molar-refractivity contribution is -0.138. The quantitative estimate of drug-likeness (QED) is 0.152. The van der Waals surface area contributed by atoms with Crippen LogP contribution in [0, 0.1) is 5.82 Å². The van der Waals surface area contributed by atoms with E-state index in [9.17, 15) is 31.9 Å². The van der Waals surface area contributed by atoms with Gasteiger partial charge in [0.1, 0.15) is 11.6 Å². The van der Waals surface area contributed by atoms with Gasteiger partial charge in [0, 0.05) is 23.7 Å². The Morgan fingerprint density at radius 1 is 1.02 bits per heavy atom. The third-order valence-corrected chi connectivity index (χ3v) is 7.38. The van der Waals surface area contributed by atoms with E-state index in [0.29, 0.717) is 11.6 Å². The van der Waals surface area contributed by atoms with E-state index >= 15 is 0 Å². The number of nitrogens with zero attached hydrogens (tertiary/aromatic N) is 2. The minimum Gasteiger partial charge on any atom is -0.495 e. The number of aromatic nitrogens is 2. The van der Waals surface area contributed by atoms with Gasteiger partial charge in [-0.25, -0.2) is 9.18 Å². The molecule has 0 aliphatic rings. The molecule has 0 aliphatic carbocycles. The monoisotopic (exact) mass is 633 g/mol. The molecule has 232 valence electrons. The van der Waals surface area contributed by atoms with Crippen LogP contribution in [0.4, 0.5) is 17.6 Å². The highest BCUT2D eigenvalue weighted by Gasteiger charge is 2.35. The van der Waals surface area contributed by atoms with E-state index in [-0.39, 0.29) is 47.8 Å². The van der Waals surface area contributed by atoms with Crippen molar-refractivity contribution in [1.82, 2.24) is 14.5 Å². The molecule has 1 atom stereocenters. The smallest absolute Gasteiger partial charge is 0.416 e. The zero-order chi connectivity index (χ0) is 32.0. The maximum Gasteiger partial charge on any atom is 0.416 e. The Kier molecular flexibility index (Phi) is 10.3. The van der Waals surface area contributed by atoms with Gasteiger partial charge in [-0.3, -0.25) is 18.7 Å². The van der Waals surface area contributed by atoms with Crippen LogP contribution in [0.15, 0.2) is 82.5 Å². The number of carboxylic acid groups (broad SMARTS) is 1. The average molecular weight is 634 g/mol. The van der Waals surface area contributed by atoms with Crippen LogP contribution in [0.2, 0.25) is 5.02 Å². The Hall–Kier alpha value is -4.42. The number of ether oxygens (including phenoxy) is 1. The molecular formula is C31H28ClF4N3O5. The third-order valence-electron chi connectivity index (χ3n) is 6.99. The molecule has 0 spiro atoms. The van der Waals surface area contributed by atoms with Crippen LogP contribution in [0.5, 0.6) is 5.75 Å². The van der Waals surface area contributed by atoms with Gasteiger partial charge >= 0.3 is 17.8 Å². The summed E-state index contributed by atoms with van der Waals surface area (Å²) in [5.74, 6) is -1.95. The van der Waals surface area contributed by atoms with Crippen LogP contribution in [0.25, 0.3) is 11.1 Å². The molecule has 3 aromatic carbocycles. The predicted molar refractivity (Wildman–Crippen MR) is 157 cm³/mol. The van der Waals surface area contributed by atoms with Crippen LogP contribution in [-0.4, -0.2) is 33.9 Å². The summed E-state index contributed by atoms with van der Waals surface area (Å²) in [4.78, 5) is 38.7. The molecule has 1 heterocycles. The Morgan fingerprint density at radius 3 is 2.39 bits per heavy atom. The normalized spacial score (nSPS) is 12.2. The molecular weight excluding hydrogens is 606 g/mol. The predicted octanol–water partition coefficient (Wildman–Crippen LogP) is 5.74. The van der Waals surface area contributed by atoms with Crippen LogP contribution in [0.1, 0.15) is 35.6 Å². The molecule has 0 saturated carbocycles. The summed E-state index contributed by atoms with van der Waals surface area (Å²) in [6, 6.07) is 15.1. The lowest BCUT2D eigenvalue weighted by Gasteiger charge is -2.22. The highest BCUT2D eigenvalue weighted by Crippen LogP contribution is 2.35. The number of rotatable bonds is 12. The van der Waals surface area contributed by atoms with Gasteiger partial charge in [-0.15, -0.1) is 0 Å². The van der Waals surface area contributed by atoms with E-state index in [0.717, 1.165) is 27.5 Å². The minimum atomic E-state index is -4.91. The summed E-state index contributed by atoms with van der Waals surface area (Å²) >= 11 is 6.51. The molecule has 0 saturated heterocycles. The maximum absolute atomic E-state index is 14.9. The number of hydrogen-bond acceptors (Lipinski definition) is 5. The van der Waals surface area contributed by atoms with Gasteiger partial charge in [0.25, 0.3) is 5.56 Å². The molecule has 0 radical (unpaired) electrons. The van der Waals surface area contributed by atoms with Crippen molar-refractivity contribution < 1.29 is 32.2 Å². The lowest BCUT2D eigenvalue weighted by atomic mass is 10.0. The summed E-state index contributed by atoms with van der Waals surface area (Å²) in [5.41, 5.74) is -3.13. The zero-order valence-corrected chi connectivity index (χ0v) is 24.2. The van der Waals surface area contributed by atoms with Crippen LogP contribution < -0.4 is 21.3 Å². The lowest BCUT2D eigenvalue weighted by Crippen LogP contribution is -2.43. The van der Waals surface area contributed by atoms with Crippen molar-refractivity contribution in [1.29, 1.82) is 0 Å². The zero-order valence-electron chi connectivity index (χ0n) is 23.4. The van der Waals surface area contributed by atoms with Crippen molar-refractivity contribution in [2.24, 2.45) is 0 Å². The molecule has 2 N–H and O–H groups in total.